The van der Waals surface area contributed by atoms with Crippen molar-refractivity contribution in [2.24, 2.45) is 0 Å². The molecule has 174 valence electrons. The largest absolute Gasteiger partial charge is 0.0948 e. The van der Waals surface area contributed by atoms with E-state index in [1.165, 1.54) is 168 Å². The number of hydrogen-bond acceptors (Lipinski definition) is 0. The van der Waals surface area contributed by atoms with Gasteiger partial charge in [0.2, 0.25) is 0 Å². The average molecular weight is 414 g/mol. The van der Waals surface area contributed by atoms with Crippen molar-refractivity contribution in [3.05, 3.63) is 0 Å². The molecule has 0 aliphatic heterocycles. The molecule has 0 aromatic rings. The molecule has 2 aliphatic rings. The van der Waals surface area contributed by atoms with Crippen LogP contribution in [0, 0.1) is 0 Å². The highest BCUT2D eigenvalue weighted by molar-refractivity contribution is 7.03. The van der Waals surface area contributed by atoms with Crippen molar-refractivity contribution < 1.29 is 0 Å². The van der Waals surface area contributed by atoms with E-state index < -0.39 is 0 Å². The third-order valence-corrected chi connectivity index (χ3v) is 8.95. The summed E-state index contributed by atoms with van der Waals surface area (Å²) >= 11 is 0. The highest BCUT2D eigenvalue weighted by atomic mass is 14.2. The Hall–Kier alpha value is 0.130. The first-order chi connectivity index (χ1) is 14.6. The van der Waals surface area contributed by atoms with Gasteiger partial charge in [-0.25, -0.2) is 0 Å². The minimum atomic E-state index is 0.623. The summed E-state index contributed by atoms with van der Waals surface area (Å²) in [6, 6.07) is 0. The minimum absolute atomic E-state index is 0.623. The lowest BCUT2D eigenvalue weighted by Crippen LogP contribution is -2.31. The van der Waals surface area contributed by atoms with Crippen LogP contribution in [0.15, 0.2) is 0 Å². The van der Waals surface area contributed by atoms with Gasteiger partial charge in [0.05, 0.1) is 14.3 Å². The van der Waals surface area contributed by atoms with Gasteiger partial charge in [0.25, 0.3) is 0 Å². The van der Waals surface area contributed by atoms with E-state index in [0.717, 1.165) is 0 Å². The molecule has 0 aromatic heterocycles. The van der Waals surface area contributed by atoms with Crippen molar-refractivity contribution >= 4 is 14.3 Å². The molecular weight excluding hydrogens is 358 g/mol. The van der Waals surface area contributed by atoms with Gasteiger partial charge in [-0.2, -0.15) is 0 Å². The molecule has 2 fully saturated rings. The molecule has 0 radical (unpaired) electrons. The second-order valence-electron chi connectivity index (χ2n) is 12.2. The lowest BCUT2D eigenvalue weighted by Gasteiger charge is -2.35. The highest BCUT2D eigenvalue weighted by Crippen LogP contribution is 2.43. The van der Waals surface area contributed by atoms with Gasteiger partial charge in [0, 0.05) is 0 Å². The third-order valence-electron chi connectivity index (χ3n) is 8.95. The maximum absolute atomic E-state index is 2.68. The van der Waals surface area contributed by atoms with Crippen LogP contribution in [-0.2, 0) is 0 Å². The molecule has 0 N–H and O–H groups in total. The first kappa shape index (κ1) is 26.4. The highest BCUT2D eigenvalue weighted by Gasteiger charge is 2.31. The van der Waals surface area contributed by atoms with Crippen LogP contribution in [0.5, 0.6) is 0 Å². The summed E-state index contributed by atoms with van der Waals surface area (Å²) in [4.78, 5) is 0. The molecule has 30 heavy (non-hydrogen) atoms. The van der Waals surface area contributed by atoms with Crippen molar-refractivity contribution in [1.29, 1.82) is 0 Å². The molecule has 2 saturated carbocycles. The van der Waals surface area contributed by atoms with E-state index in [2.05, 4.69) is 13.8 Å². The average Bonchev–Trinajstić information content (AvgIpc) is 2.77. The van der Waals surface area contributed by atoms with E-state index in [9.17, 15) is 0 Å². The van der Waals surface area contributed by atoms with Crippen LogP contribution >= 0.6 is 0 Å². The van der Waals surface area contributed by atoms with E-state index in [4.69, 9.17) is 0 Å². The lowest BCUT2D eigenvalue weighted by atomic mass is 9.20. The van der Waals surface area contributed by atoms with Crippen LogP contribution < -0.4 is 0 Å². The zero-order valence-electron chi connectivity index (χ0n) is 21.4. The zero-order chi connectivity index (χ0) is 21.4. The van der Waals surface area contributed by atoms with Gasteiger partial charge in [-0.15, -0.1) is 0 Å². The fraction of sp³-hybridized carbons (Fsp3) is 1.00. The molecule has 2 rings (SSSR count). The molecule has 0 atom stereocenters. The maximum Gasteiger partial charge on any atom is 0.0948 e. The Kier molecular flexibility index (Phi) is 13.9. The first-order valence-electron chi connectivity index (χ1n) is 14.6. The Morgan fingerprint density at radius 2 is 0.467 bits per heavy atom. The summed E-state index contributed by atoms with van der Waals surface area (Å²) in [6.45, 7) is 5.35. The normalized spacial score (nSPS) is 26.3. The van der Waals surface area contributed by atoms with E-state index in [1.807, 2.05) is 0 Å². The minimum Gasteiger partial charge on any atom is -0.0673 e. The molecule has 0 amide bonds. The van der Waals surface area contributed by atoms with E-state index >= 15 is 0 Å². The summed E-state index contributed by atoms with van der Waals surface area (Å²) in [5.41, 5.74) is 0. The van der Waals surface area contributed by atoms with Crippen LogP contribution in [0.25, 0.3) is 0 Å². The van der Waals surface area contributed by atoms with Crippen molar-refractivity contribution in [3.8, 4) is 0 Å². The molecule has 0 aromatic carbocycles. The molecule has 2 heteroatoms. The molecule has 0 bridgehead atoms. The van der Waals surface area contributed by atoms with Gasteiger partial charge in [0.1, 0.15) is 0 Å². The lowest BCUT2D eigenvalue weighted by molar-refractivity contribution is 0.447. The van der Waals surface area contributed by atoms with Gasteiger partial charge in [-0.1, -0.05) is 179 Å². The maximum atomic E-state index is 2.68. The predicted molar refractivity (Wildman–Crippen MR) is 142 cm³/mol. The van der Waals surface area contributed by atoms with Crippen molar-refractivity contribution in [2.75, 3.05) is 0 Å². The molecule has 0 heterocycles. The smallest absolute Gasteiger partial charge is 0.0673 e. The van der Waals surface area contributed by atoms with Crippen LogP contribution in [0.3, 0.4) is 0 Å². The van der Waals surface area contributed by atoms with Gasteiger partial charge in [0.15, 0.2) is 0 Å². The van der Waals surface area contributed by atoms with Crippen molar-refractivity contribution in [1.82, 2.24) is 0 Å². The van der Waals surface area contributed by atoms with Crippen LogP contribution in [0.4, 0.5) is 0 Å². The van der Waals surface area contributed by atoms with Gasteiger partial charge < -0.3 is 0 Å². The third kappa shape index (κ3) is 12.2. The SMILES string of the molecule is CC1(BBC2(C)CCCCCCCCCCCC2)CCCCCCCCCCCC1. The molecule has 0 saturated heterocycles. The Morgan fingerprint density at radius 3 is 0.667 bits per heavy atom. The summed E-state index contributed by atoms with van der Waals surface area (Å²) < 4.78 is 0. The summed E-state index contributed by atoms with van der Waals surface area (Å²) in [7, 11) is 3.01. The molecule has 0 unspecified atom stereocenters. The fourth-order valence-corrected chi connectivity index (χ4v) is 6.39. The monoisotopic (exact) mass is 414 g/mol. The predicted octanol–water partition coefficient (Wildman–Crippen LogP) is 9.52. The Bertz CT molecular complexity index is 339. The summed E-state index contributed by atoms with van der Waals surface area (Å²) in [6.07, 6.45) is 35.9. The fourth-order valence-electron chi connectivity index (χ4n) is 6.39. The standard InChI is InChI=1S/C28H56B2/c1-27(23-19-15-11-7-3-4-8-12-16-20-24-27)29-30-28(2)25-21-17-13-9-5-6-10-14-18-22-26-28/h29-30H,3-26H2,1-2H3. The number of hydrogen-bond donors (Lipinski definition) is 0. The van der Waals surface area contributed by atoms with E-state index in [-0.39, 0.29) is 0 Å². The van der Waals surface area contributed by atoms with Gasteiger partial charge >= 0.3 is 0 Å². The molecule has 0 nitrogen and oxygen atoms in total. The van der Waals surface area contributed by atoms with E-state index in [0.29, 0.717) is 10.6 Å². The Morgan fingerprint density at radius 1 is 0.300 bits per heavy atom. The quantitative estimate of drug-likeness (QED) is 0.403. The van der Waals surface area contributed by atoms with Gasteiger partial charge in [-0.05, 0) is 0 Å². The molecular formula is C28H56B2. The van der Waals surface area contributed by atoms with Crippen LogP contribution in [0.1, 0.15) is 168 Å². The second kappa shape index (κ2) is 15.9. The van der Waals surface area contributed by atoms with Gasteiger partial charge in [-0.3, -0.25) is 0 Å². The first-order valence-corrected chi connectivity index (χ1v) is 14.6. The Labute approximate surface area is 193 Å². The summed E-state index contributed by atoms with van der Waals surface area (Å²) in [5.74, 6) is 0. The zero-order valence-corrected chi connectivity index (χ0v) is 21.4. The summed E-state index contributed by atoms with van der Waals surface area (Å²) in [5, 5.41) is 1.25. The molecule has 0 spiro atoms. The second-order valence-corrected chi connectivity index (χ2v) is 12.2. The number of rotatable bonds is 3. The van der Waals surface area contributed by atoms with E-state index in [1.54, 1.807) is 0 Å². The van der Waals surface area contributed by atoms with Crippen molar-refractivity contribution in [2.45, 2.75) is 179 Å². The van der Waals surface area contributed by atoms with Crippen LogP contribution in [-0.4, -0.2) is 14.3 Å². The topological polar surface area (TPSA) is 0 Å². The molecule has 2 aliphatic carbocycles. The van der Waals surface area contributed by atoms with Crippen molar-refractivity contribution in [3.63, 3.8) is 0 Å². The Balaban J connectivity index is 1.87. The van der Waals surface area contributed by atoms with Crippen LogP contribution in [0.2, 0.25) is 10.6 Å².